The van der Waals surface area contributed by atoms with Crippen LogP contribution in [0.2, 0.25) is 0 Å². The molecule has 10 rings (SSSR count). The van der Waals surface area contributed by atoms with E-state index in [4.69, 9.17) is 4.98 Å². The molecule has 54 heavy (non-hydrogen) atoms. The van der Waals surface area contributed by atoms with E-state index < -0.39 is 0 Å². The van der Waals surface area contributed by atoms with E-state index in [1.165, 1.54) is 27.5 Å². The average molecular weight is 879 g/mol. The Labute approximate surface area is 329 Å². The predicted octanol–water partition coefficient (Wildman–Crippen LogP) is 10.8. The van der Waals surface area contributed by atoms with Crippen molar-refractivity contribution in [3.05, 3.63) is 169 Å². The van der Waals surface area contributed by atoms with Gasteiger partial charge in [0.15, 0.2) is 0 Å². The van der Waals surface area contributed by atoms with Crippen LogP contribution in [0.25, 0.3) is 77.7 Å². The first-order valence-electron chi connectivity index (χ1n) is 18.2. The smallest absolute Gasteiger partial charge is 0.268 e. The van der Waals surface area contributed by atoms with Gasteiger partial charge in [0.25, 0.3) is 6.33 Å². The molecule has 266 valence electrons. The number of imidazole rings is 1. The second-order valence-electron chi connectivity index (χ2n) is 15.2. The van der Waals surface area contributed by atoms with Crippen LogP contribution in [0.4, 0.5) is 0 Å². The minimum absolute atomic E-state index is 0. The fraction of sp³-hybridized carbons (Fsp3) is 0.125. The topological polar surface area (TPSA) is 31.6 Å². The number of pyridine rings is 1. The van der Waals surface area contributed by atoms with E-state index in [2.05, 4.69) is 193 Å². The van der Waals surface area contributed by atoms with Crippen molar-refractivity contribution in [3.63, 3.8) is 0 Å². The summed E-state index contributed by atoms with van der Waals surface area (Å²) in [5, 5.41) is 4.59. The zero-order chi connectivity index (χ0) is 36.0. The maximum atomic E-state index is 5.55. The van der Waals surface area contributed by atoms with Crippen molar-refractivity contribution in [1.29, 1.82) is 0 Å². The molecule has 0 fully saturated rings. The zero-order valence-corrected chi connectivity index (χ0v) is 33.0. The summed E-state index contributed by atoms with van der Waals surface area (Å²) < 4.78 is 8.77. The van der Waals surface area contributed by atoms with Crippen LogP contribution in [-0.2, 0) is 26.5 Å². The summed E-state index contributed by atoms with van der Waals surface area (Å²) >= 11 is 0. The molecule has 0 aliphatic heterocycles. The van der Waals surface area contributed by atoms with E-state index in [0.29, 0.717) is 0 Å². The average Bonchev–Trinajstić information content (AvgIpc) is 3.81. The van der Waals surface area contributed by atoms with Gasteiger partial charge >= 0.3 is 0 Å². The number of aryl methyl sites for hydroxylation is 2. The molecule has 4 aromatic heterocycles. The van der Waals surface area contributed by atoms with E-state index in [9.17, 15) is 0 Å². The molecule has 0 N–H and O–H groups in total. The van der Waals surface area contributed by atoms with Gasteiger partial charge in [-0.3, -0.25) is 4.57 Å². The van der Waals surface area contributed by atoms with Crippen molar-refractivity contribution >= 4 is 54.9 Å². The third-order valence-corrected chi connectivity index (χ3v) is 10.5. The SMILES string of the molecule is Cc1ccc2c(c1)c1cc3c4cc(C)ccc4n(-c4[c-]c(-n5[c-][n+](-c6ccc(C(C)(C)C)cc6)c6ccccc65)ccc4)c3nc1n2-c1[c-]cccc1.[Pt]. The first-order valence-corrected chi connectivity index (χ1v) is 18.2. The van der Waals surface area contributed by atoms with Crippen LogP contribution >= 0.6 is 0 Å². The summed E-state index contributed by atoms with van der Waals surface area (Å²) in [5.74, 6) is 0. The molecule has 10 aromatic rings. The predicted molar refractivity (Wildman–Crippen MR) is 216 cm³/mol. The monoisotopic (exact) mass is 878 g/mol. The maximum absolute atomic E-state index is 5.55. The van der Waals surface area contributed by atoms with Gasteiger partial charge in [-0.2, -0.15) is 42.5 Å². The molecular formula is C48H37N5Pt-2. The Morgan fingerprint density at radius 1 is 0.574 bits per heavy atom. The molecule has 0 radical (unpaired) electrons. The summed E-state index contributed by atoms with van der Waals surface area (Å²) in [4.78, 5) is 5.55. The van der Waals surface area contributed by atoms with E-state index in [1.807, 2.05) is 12.1 Å². The van der Waals surface area contributed by atoms with Gasteiger partial charge in [-0.1, -0.05) is 91.8 Å². The number of para-hydroxylation sites is 3. The van der Waals surface area contributed by atoms with Crippen molar-refractivity contribution in [2.45, 2.75) is 40.0 Å². The molecule has 0 saturated carbocycles. The molecule has 5 nitrogen and oxygen atoms in total. The van der Waals surface area contributed by atoms with Gasteiger partial charge in [0.1, 0.15) is 11.3 Å². The normalized spacial score (nSPS) is 12.0. The van der Waals surface area contributed by atoms with Crippen LogP contribution in [-0.4, -0.2) is 18.7 Å². The van der Waals surface area contributed by atoms with Gasteiger partial charge in [-0.25, -0.2) is 4.98 Å². The van der Waals surface area contributed by atoms with Crippen molar-refractivity contribution in [2.75, 3.05) is 0 Å². The number of hydrogen-bond acceptors (Lipinski definition) is 1. The van der Waals surface area contributed by atoms with Crippen molar-refractivity contribution in [3.8, 4) is 22.7 Å². The van der Waals surface area contributed by atoms with E-state index >= 15 is 0 Å². The molecule has 0 saturated heterocycles. The molecule has 0 spiro atoms. The largest absolute Gasteiger partial charge is 0.319 e. The van der Waals surface area contributed by atoms with E-state index in [0.717, 1.165) is 66.9 Å². The third kappa shape index (κ3) is 5.33. The number of fused-ring (bicyclic) bond motifs is 7. The first-order chi connectivity index (χ1) is 25.7. The Balaban J connectivity index is 0.00000384. The number of rotatable bonds is 4. The minimum atomic E-state index is 0. The quantitative estimate of drug-likeness (QED) is 0.128. The van der Waals surface area contributed by atoms with Gasteiger partial charge in [0, 0.05) is 42.6 Å². The molecule has 0 aliphatic rings. The fourth-order valence-electron chi connectivity index (χ4n) is 7.84. The molecule has 6 aromatic carbocycles. The number of benzene rings is 6. The Morgan fingerprint density at radius 3 is 1.83 bits per heavy atom. The first kappa shape index (κ1) is 34.0. The molecular weight excluding hydrogens is 842 g/mol. The molecule has 0 unspecified atom stereocenters. The molecule has 0 amide bonds. The Kier molecular flexibility index (Phi) is 7.99. The van der Waals surface area contributed by atoms with Crippen molar-refractivity contribution in [2.24, 2.45) is 0 Å². The Bertz CT molecular complexity index is 3050. The van der Waals surface area contributed by atoms with Crippen LogP contribution in [0.5, 0.6) is 0 Å². The molecule has 0 bridgehead atoms. The Hall–Kier alpha value is -5.77. The standard InChI is InChI=1S/C48H37N5.Pt/c1-31-18-24-42-38(26-31)40-29-41-39-27-32(2)19-25-43(39)53(47(41)49-46(40)52(42)35-12-7-6-8-13-35)37-15-11-14-36(28-37)51-30-50(44-16-9-10-17-45(44)51)34-22-20-33(21-23-34)48(3,4)5;/h6-12,14-27,29H,1-5H3;/q-2;. The number of nitrogens with zero attached hydrogens (tertiary/aromatic N) is 5. The maximum Gasteiger partial charge on any atom is 0.268 e. The molecule has 4 heterocycles. The third-order valence-electron chi connectivity index (χ3n) is 10.5. The number of aromatic nitrogens is 5. The van der Waals surface area contributed by atoms with Gasteiger partial charge < -0.3 is 13.7 Å². The second-order valence-corrected chi connectivity index (χ2v) is 15.2. The summed E-state index contributed by atoms with van der Waals surface area (Å²) in [6.45, 7) is 11.0. The van der Waals surface area contributed by atoms with Crippen LogP contribution in [0.1, 0.15) is 37.5 Å². The minimum Gasteiger partial charge on any atom is -0.319 e. The number of hydrogen-bond donors (Lipinski definition) is 0. The van der Waals surface area contributed by atoms with Gasteiger partial charge in [0.05, 0.1) is 27.8 Å². The van der Waals surface area contributed by atoms with E-state index in [1.54, 1.807) is 0 Å². The van der Waals surface area contributed by atoms with Crippen LogP contribution in [0.3, 0.4) is 0 Å². The molecule has 0 aliphatic carbocycles. The summed E-state index contributed by atoms with van der Waals surface area (Å²) in [5.41, 5.74) is 13.8. The van der Waals surface area contributed by atoms with Gasteiger partial charge in [-0.15, -0.1) is 12.1 Å². The zero-order valence-electron chi connectivity index (χ0n) is 30.8. The second kappa shape index (κ2) is 12.7. The van der Waals surface area contributed by atoms with Crippen molar-refractivity contribution in [1.82, 2.24) is 18.7 Å². The summed E-state index contributed by atoms with van der Waals surface area (Å²) in [6.07, 6.45) is 3.67. The van der Waals surface area contributed by atoms with Crippen LogP contribution in [0, 0.1) is 32.3 Å². The van der Waals surface area contributed by atoms with Gasteiger partial charge in [0.2, 0.25) is 0 Å². The fourth-order valence-corrected chi connectivity index (χ4v) is 7.84. The van der Waals surface area contributed by atoms with Crippen LogP contribution < -0.4 is 4.57 Å². The van der Waals surface area contributed by atoms with Gasteiger partial charge in [-0.05, 0) is 73.0 Å². The molecule has 6 heteroatoms. The van der Waals surface area contributed by atoms with E-state index in [-0.39, 0.29) is 26.5 Å². The van der Waals surface area contributed by atoms with Crippen LogP contribution in [0.15, 0.2) is 133 Å². The summed E-state index contributed by atoms with van der Waals surface area (Å²) in [6, 6.07) is 54.7. The molecule has 0 atom stereocenters. The summed E-state index contributed by atoms with van der Waals surface area (Å²) in [7, 11) is 0. The van der Waals surface area contributed by atoms with Crippen molar-refractivity contribution < 1.29 is 25.6 Å². The Morgan fingerprint density at radius 2 is 1.19 bits per heavy atom.